The van der Waals surface area contributed by atoms with Crippen molar-refractivity contribution in [3.05, 3.63) is 48.7 Å². The molecule has 0 radical (unpaired) electrons. The van der Waals surface area contributed by atoms with Crippen LogP contribution in [0.2, 0.25) is 0 Å². The van der Waals surface area contributed by atoms with E-state index in [1.807, 2.05) is 18.3 Å². The number of anilines is 3. The van der Waals surface area contributed by atoms with Crippen molar-refractivity contribution in [2.75, 3.05) is 23.3 Å². The number of para-hydroxylation sites is 1. The zero-order chi connectivity index (χ0) is 13.5. The van der Waals surface area contributed by atoms with Crippen molar-refractivity contribution in [2.24, 2.45) is 0 Å². The summed E-state index contributed by atoms with van der Waals surface area (Å²) in [5.74, 6) is 0.939. The highest BCUT2D eigenvalue weighted by atomic mass is 15.1. The van der Waals surface area contributed by atoms with Crippen LogP contribution in [0.25, 0.3) is 0 Å². The Morgan fingerprint density at radius 3 is 2.53 bits per heavy atom. The third kappa shape index (κ3) is 3.47. The fourth-order valence-electron chi connectivity index (χ4n) is 2.06. The highest BCUT2D eigenvalue weighted by Gasteiger charge is 2.07. The van der Waals surface area contributed by atoms with Crippen LogP contribution < -0.4 is 10.2 Å². The number of nitrogens with one attached hydrogen (secondary N) is 1. The van der Waals surface area contributed by atoms with Crippen LogP contribution in [0.4, 0.5) is 17.2 Å². The summed E-state index contributed by atoms with van der Waals surface area (Å²) in [6.45, 7) is 6.20. The van der Waals surface area contributed by atoms with Crippen molar-refractivity contribution in [3.63, 3.8) is 0 Å². The summed E-state index contributed by atoms with van der Waals surface area (Å²) in [6.07, 6.45) is 2.96. The predicted molar refractivity (Wildman–Crippen MR) is 82.1 cm³/mol. The van der Waals surface area contributed by atoms with E-state index in [-0.39, 0.29) is 0 Å². The minimum atomic E-state index is 0.932. The number of pyridine rings is 1. The van der Waals surface area contributed by atoms with Crippen LogP contribution in [-0.2, 0) is 0 Å². The summed E-state index contributed by atoms with van der Waals surface area (Å²) in [6, 6.07) is 14.6. The molecule has 0 saturated heterocycles. The second-order valence-electron chi connectivity index (χ2n) is 4.41. The van der Waals surface area contributed by atoms with Crippen LogP contribution >= 0.6 is 0 Å². The molecule has 2 rings (SSSR count). The molecule has 2 aromatic rings. The topological polar surface area (TPSA) is 28.2 Å². The van der Waals surface area contributed by atoms with Crippen molar-refractivity contribution in [1.29, 1.82) is 0 Å². The Morgan fingerprint density at radius 1 is 1.05 bits per heavy atom. The number of hydrogen-bond donors (Lipinski definition) is 1. The molecule has 0 amide bonds. The van der Waals surface area contributed by atoms with Gasteiger partial charge in [0.2, 0.25) is 0 Å². The summed E-state index contributed by atoms with van der Waals surface area (Å²) in [4.78, 5) is 6.63. The zero-order valence-electron chi connectivity index (χ0n) is 11.6. The van der Waals surface area contributed by atoms with Crippen molar-refractivity contribution in [2.45, 2.75) is 20.3 Å². The van der Waals surface area contributed by atoms with E-state index in [1.54, 1.807) is 0 Å². The van der Waals surface area contributed by atoms with Crippen LogP contribution in [0.3, 0.4) is 0 Å². The summed E-state index contributed by atoms with van der Waals surface area (Å²) >= 11 is 0. The van der Waals surface area contributed by atoms with Gasteiger partial charge in [0.1, 0.15) is 5.82 Å². The Bertz CT molecular complexity index is 496. The highest BCUT2D eigenvalue weighted by molar-refractivity contribution is 5.65. The maximum Gasteiger partial charge on any atom is 0.127 e. The fourth-order valence-corrected chi connectivity index (χ4v) is 2.06. The third-order valence-electron chi connectivity index (χ3n) is 3.00. The van der Waals surface area contributed by atoms with Crippen molar-refractivity contribution < 1.29 is 0 Å². The second kappa shape index (κ2) is 6.78. The van der Waals surface area contributed by atoms with Crippen LogP contribution in [-0.4, -0.2) is 18.1 Å². The SMILES string of the molecule is CCCNc1cc(N(CC)c2ccccc2)ccn1. The van der Waals surface area contributed by atoms with E-state index in [2.05, 4.69) is 59.4 Å². The lowest BCUT2D eigenvalue weighted by atomic mass is 10.2. The number of rotatable bonds is 6. The largest absolute Gasteiger partial charge is 0.370 e. The van der Waals surface area contributed by atoms with Gasteiger partial charge in [-0.25, -0.2) is 4.98 Å². The molecular formula is C16H21N3. The number of hydrogen-bond acceptors (Lipinski definition) is 3. The summed E-state index contributed by atoms with van der Waals surface area (Å²) < 4.78 is 0. The number of nitrogens with zero attached hydrogens (tertiary/aromatic N) is 2. The Balaban J connectivity index is 2.23. The van der Waals surface area contributed by atoms with Gasteiger partial charge < -0.3 is 10.2 Å². The molecule has 1 N–H and O–H groups in total. The van der Waals surface area contributed by atoms with Gasteiger partial charge in [0.25, 0.3) is 0 Å². The van der Waals surface area contributed by atoms with Gasteiger partial charge in [-0.05, 0) is 31.5 Å². The minimum absolute atomic E-state index is 0.932. The summed E-state index contributed by atoms with van der Waals surface area (Å²) in [5, 5.41) is 3.33. The van der Waals surface area contributed by atoms with E-state index in [9.17, 15) is 0 Å². The quantitative estimate of drug-likeness (QED) is 0.843. The van der Waals surface area contributed by atoms with E-state index in [0.29, 0.717) is 0 Å². The van der Waals surface area contributed by atoms with Gasteiger partial charge in [0.05, 0.1) is 0 Å². The molecule has 1 aromatic carbocycles. The first kappa shape index (κ1) is 13.4. The first-order valence-corrected chi connectivity index (χ1v) is 6.87. The molecule has 3 heteroatoms. The van der Waals surface area contributed by atoms with Gasteiger partial charge in [-0.3, -0.25) is 0 Å². The molecular weight excluding hydrogens is 234 g/mol. The lowest BCUT2D eigenvalue weighted by Crippen LogP contribution is -2.16. The van der Waals surface area contributed by atoms with Crippen LogP contribution in [0.15, 0.2) is 48.7 Å². The van der Waals surface area contributed by atoms with Gasteiger partial charge in [0.15, 0.2) is 0 Å². The van der Waals surface area contributed by atoms with E-state index in [0.717, 1.165) is 25.3 Å². The Kier molecular flexibility index (Phi) is 4.78. The molecule has 0 fully saturated rings. The van der Waals surface area contributed by atoms with Gasteiger partial charge in [-0.15, -0.1) is 0 Å². The molecule has 1 heterocycles. The molecule has 0 spiro atoms. The lowest BCUT2D eigenvalue weighted by Gasteiger charge is -2.23. The third-order valence-corrected chi connectivity index (χ3v) is 3.00. The average Bonchev–Trinajstić information content (AvgIpc) is 2.47. The van der Waals surface area contributed by atoms with Crippen LogP contribution in [0.1, 0.15) is 20.3 Å². The molecule has 19 heavy (non-hydrogen) atoms. The highest BCUT2D eigenvalue weighted by Crippen LogP contribution is 2.25. The Hall–Kier alpha value is -2.03. The predicted octanol–water partition coefficient (Wildman–Crippen LogP) is 4.06. The van der Waals surface area contributed by atoms with Gasteiger partial charge >= 0.3 is 0 Å². The molecule has 0 aliphatic rings. The first-order valence-electron chi connectivity index (χ1n) is 6.87. The normalized spacial score (nSPS) is 10.2. The Labute approximate surface area is 115 Å². The molecule has 0 saturated carbocycles. The minimum Gasteiger partial charge on any atom is -0.370 e. The molecule has 0 unspecified atom stereocenters. The second-order valence-corrected chi connectivity index (χ2v) is 4.41. The smallest absolute Gasteiger partial charge is 0.127 e. The van der Waals surface area contributed by atoms with Gasteiger partial charge in [0, 0.05) is 36.7 Å². The molecule has 3 nitrogen and oxygen atoms in total. The standard InChI is InChI=1S/C16H21N3/c1-3-11-17-16-13-15(10-12-18-16)19(4-2)14-8-6-5-7-9-14/h5-10,12-13H,3-4,11H2,1-2H3,(H,17,18). The molecule has 0 atom stereocenters. The average molecular weight is 255 g/mol. The van der Waals surface area contributed by atoms with E-state index < -0.39 is 0 Å². The molecule has 0 aliphatic heterocycles. The van der Waals surface area contributed by atoms with Crippen molar-refractivity contribution in [1.82, 2.24) is 4.98 Å². The molecule has 100 valence electrons. The van der Waals surface area contributed by atoms with Crippen LogP contribution in [0, 0.1) is 0 Å². The summed E-state index contributed by atoms with van der Waals surface area (Å²) in [7, 11) is 0. The lowest BCUT2D eigenvalue weighted by molar-refractivity contribution is 0.966. The number of benzene rings is 1. The molecule has 0 bridgehead atoms. The molecule has 0 aliphatic carbocycles. The first-order chi connectivity index (χ1) is 9.35. The van der Waals surface area contributed by atoms with Gasteiger partial charge in [-0.2, -0.15) is 0 Å². The van der Waals surface area contributed by atoms with E-state index in [4.69, 9.17) is 0 Å². The fraction of sp³-hybridized carbons (Fsp3) is 0.312. The summed E-state index contributed by atoms with van der Waals surface area (Å²) in [5.41, 5.74) is 2.37. The molecule has 1 aromatic heterocycles. The van der Waals surface area contributed by atoms with Gasteiger partial charge in [-0.1, -0.05) is 25.1 Å². The van der Waals surface area contributed by atoms with E-state index in [1.165, 1.54) is 11.4 Å². The monoisotopic (exact) mass is 255 g/mol. The van der Waals surface area contributed by atoms with Crippen LogP contribution in [0.5, 0.6) is 0 Å². The van der Waals surface area contributed by atoms with Crippen molar-refractivity contribution >= 4 is 17.2 Å². The van der Waals surface area contributed by atoms with Crippen molar-refractivity contribution in [3.8, 4) is 0 Å². The van der Waals surface area contributed by atoms with E-state index >= 15 is 0 Å². The zero-order valence-corrected chi connectivity index (χ0v) is 11.6. The maximum atomic E-state index is 4.35. The number of aromatic nitrogens is 1. The maximum absolute atomic E-state index is 4.35. The Morgan fingerprint density at radius 2 is 1.84 bits per heavy atom.